The summed E-state index contributed by atoms with van der Waals surface area (Å²) >= 11 is 5.93. The number of β-amino-alcohol motifs (C(OH)–C–C–N with tert-alkyl or cyclic N) is 1. The number of aliphatic hydroxyl groups is 1. The van der Waals surface area contributed by atoms with Crippen molar-refractivity contribution < 1.29 is 14.2 Å². The summed E-state index contributed by atoms with van der Waals surface area (Å²) in [5, 5.41) is 10.8. The van der Waals surface area contributed by atoms with Crippen LogP contribution in [0, 0.1) is 5.82 Å². The van der Waals surface area contributed by atoms with Gasteiger partial charge in [0, 0.05) is 19.3 Å². The van der Waals surface area contributed by atoms with Crippen molar-refractivity contribution in [1.29, 1.82) is 0 Å². The minimum absolute atomic E-state index is 0.0434. The lowest BCUT2D eigenvalue weighted by atomic mass is 9.95. The maximum Gasteiger partial charge on any atom is 0.319 e. The number of rotatable bonds is 4. The molecule has 3 aliphatic rings. The first-order valence-electron chi connectivity index (χ1n) is 10.7. The number of ether oxygens (including phenoxy) is 1. The molecule has 0 radical (unpaired) electrons. The van der Waals surface area contributed by atoms with Crippen molar-refractivity contribution in [2.24, 2.45) is 0 Å². The van der Waals surface area contributed by atoms with Gasteiger partial charge in [0.25, 0.3) is 0 Å². The van der Waals surface area contributed by atoms with E-state index in [1.165, 1.54) is 19.0 Å². The Kier molecular flexibility index (Phi) is 4.99. The van der Waals surface area contributed by atoms with Crippen LogP contribution in [0.5, 0.6) is 6.01 Å². The Morgan fingerprint density at radius 3 is 2.63 bits per heavy atom. The molecule has 0 amide bonds. The minimum Gasteiger partial charge on any atom is -0.461 e. The van der Waals surface area contributed by atoms with E-state index in [9.17, 15) is 9.50 Å². The first-order valence-corrected chi connectivity index (χ1v) is 11.1. The first-order chi connectivity index (χ1) is 14.4. The Morgan fingerprint density at radius 2 is 1.90 bits per heavy atom. The summed E-state index contributed by atoms with van der Waals surface area (Å²) in [6, 6.07) is 0.150. The van der Waals surface area contributed by atoms with Crippen molar-refractivity contribution >= 4 is 28.3 Å². The highest BCUT2D eigenvalue weighted by molar-refractivity contribution is 6.30. The van der Waals surface area contributed by atoms with Gasteiger partial charge in [-0.2, -0.15) is 9.97 Å². The van der Waals surface area contributed by atoms with Crippen LogP contribution in [-0.2, 0) is 0 Å². The van der Waals surface area contributed by atoms with Gasteiger partial charge in [-0.25, -0.2) is 9.37 Å². The van der Waals surface area contributed by atoms with E-state index in [0.29, 0.717) is 37.3 Å². The Morgan fingerprint density at radius 1 is 1.17 bits per heavy atom. The van der Waals surface area contributed by atoms with Crippen LogP contribution in [0.3, 0.4) is 0 Å². The quantitative estimate of drug-likeness (QED) is 0.739. The maximum atomic E-state index is 14.8. The van der Waals surface area contributed by atoms with Crippen molar-refractivity contribution in [3.05, 3.63) is 17.2 Å². The molecule has 7 nitrogen and oxygen atoms in total. The van der Waals surface area contributed by atoms with Gasteiger partial charge in [-0.15, -0.1) is 0 Å². The number of hydrogen-bond donors (Lipinski definition) is 1. The van der Waals surface area contributed by atoms with E-state index in [-0.39, 0.29) is 22.2 Å². The third kappa shape index (κ3) is 3.48. The number of aromatic nitrogens is 3. The van der Waals surface area contributed by atoms with Gasteiger partial charge in [-0.05, 0) is 58.5 Å². The number of piperidine rings is 1. The monoisotopic (exact) mass is 435 g/mol. The van der Waals surface area contributed by atoms with Gasteiger partial charge in [-0.1, -0.05) is 11.6 Å². The largest absolute Gasteiger partial charge is 0.461 e. The van der Waals surface area contributed by atoms with Crippen LogP contribution in [0.15, 0.2) is 6.20 Å². The summed E-state index contributed by atoms with van der Waals surface area (Å²) in [7, 11) is 0. The van der Waals surface area contributed by atoms with Gasteiger partial charge in [0.2, 0.25) is 0 Å². The second-order valence-electron chi connectivity index (χ2n) is 9.18. The zero-order valence-electron chi connectivity index (χ0n) is 17.2. The first kappa shape index (κ1) is 20.2. The molecule has 5 rings (SSSR count). The van der Waals surface area contributed by atoms with Crippen LogP contribution in [-0.4, -0.2) is 68.9 Å². The second kappa shape index (κ2) is 7.43. The van der Waals surface area contributed by atoms with Crippen molar-refractivity contribution in [2.75, 3.05) is 37.7 Å². The molecule has 3 aliphatic heterocycles. The smallest absolute Gasteiger partial charge is 0.319 e. The van der Waals surface area contributed by atoms with E-state index in [1.807, 2.05) is 11.8 Å². The summed E-state index contributed by atoms with van der Waals surface area (Å²) in [4.78, 5) is 17.4. The SMILES string of the molecule is C[C@@]1(O)CCCN(c2nc(OCC34CCCN3CCC4)nc3c(F)c(Cl)ncc23)C1. The summed E-state index contributed by atoms with van der Waals surface area (Å²) in [5.74, 6) is -0.141. The molecule has 0 aromatic carbocycles. The lowest BCUT2D eigenvalue weighted by Crippen LogP contribution is -2.46. The number of pyridine rings is 1. The molecule has 3 saturated heterocycles. The van der Waals surface area contributed by atoms with Gasteiger partial charge < -0.3 is 14.7 Å². The van der Waals surface area contributed by atoms with Crippen molar-refractivity contribution in [2.45, 2.75) is 56.6 Å². The van der Waals surface area contributed by atoms with Gasteiger partial charge in [0.1, 0.15) is 17.9 Å². The highest BCUT2D eigenvalue weighted by Crippen LogP contribution is 2.39. The number of fused-ring (bicyclic) bond motifs is 2. The molecular weight excluding hydrogens is 409 g/mol. The van der Waals surface area contributed by atoms with Crippen molar-refractivity contribution in [1.82, 2.24) is 19.9 Å². The zero-order valence-corrected chi connectivity index (χ0v) is 18.0. The third-order valence-electron chi connectivity index (χ3n) is 6.86. The van der Waals surface area contributed by atoms with Crippen molar-refractivity contribution in [3.8, 4) is 6.01 Å². The van der Waals surface area contributed by atoms with Crippen LogP contribution in [0.1, 0.15) is 45.4 Å². The van der Waals surface area contributed by atoms with Gasteiger partial charge >= 0.3 is 6.01 Å². The molecule has 0 spiro atoms. The van der Waals surface area contributed by atoms with Crippen LogP contribution in [0.4, 0.5) is 10.2 Å². The molecule has 2 aromatic rings. The molecule has 30 heavy (non-hydrogen) atoms. The normalized spacial score (nSPS) is 26.3. The Labute approximate surface area is 180 Å². The van der Waals surface area contributed by atoms with E-state index < -0.39 is 11.4 Å². The van der Waals surface area contributed by atoms with Crippen LogP contribution >= 0.6 is 11.6 Å². The predicted molar refractivity (Wildman–Crippen MR) is 113 cm³/mol. The van der Waals surface area contributed by atoms with Gasteiger partial charge in [0.05, 0.1) is 16.5 Å². The van der Waals surface area contributed by atoms with Crippen LogP contribution < -0.4 is 9.64 Å². The molecule has 5 heterocycles. The lowest BCUT2D eigenvalue weighted by molar-refractivity contribution is 0.0447. The van der Waals surface area contributed by atoms with Gasteiger partial charge in [-0.3, -0.25) is 4.90 Å². The fraction of sp³-hybridized carbons (Fsp3) is 0.667. The molecular formula is C21H27ClFN5O2. The van der Waals surface area contributed by atoms with Gasteiger partial charge in [0.15, 0.2) is 11.0 Å². The van der Waals surface area contributed by atoms with E-state index in [1.54, 1.807) is 0 Å². The highest BCUT2D eigenvalue weighted by atomic mass is 35.5. The number of halogens is 2. The van der Waals surface area contributed by atoms with E-state index in [2.05, 4.69) is 19.9 Å². The molecule has 1 N–H and O–H groups in total. The summed E-state index contributed by atoms with van der Waals surface area (Å²) < 4.78 is 20.9. The standard InChI is InChI=1S/C21H27ClFN5O2/c1-20(29)5-2-8-27(12-20)18-14-11-24-17(22)15(23)16(14)25-19(26-18)30-13-21-6-3-9-28(21)10-4-7-21/h11,29H,2-10,12-13H2,1H3/t20-/m1/s1. The van der Waals surface area contributed by atoms with Crippen LogP contribution in [0.25, 0.3) is 10.9 Å². The molecule has 0 aliphatic carbocycles. The molecule has 0 unspecified atom stereocenters. The highest BCUT2D eigenvalue weighted by Gasteiger charge is 2.45. The fourth-order valence-electron chi connectivity index (χ4n) is 5.37. The molecule has 3 fully saturated rings. The molecule has 0 bridgehead atoms. The second-order valence-corrected chi connectivity index (χ2v) is 9.54. The van der Waals surface area contributed by atoms with E-state index in [0.717, 1.165) is 32.4 Å². The average molecular weight is 436 g/mol. The average Bonchev–Trinajstić information content (AvgIpc) is 3.28. The Bertz CT molecular complexity index is 962. The van der Waals surface area contributed by atoms with Crippen molar-refractivity contribution in [3.63, 3.8) is 0 Å². The maximum absolute atomic E-state index is 14.8. The summed E-state index contributed by atoms with van der Waals surface area (Å²) in [6.45, 7) is 5.63. The predicted octanol–water partition coefficient (Wildman–Crippen LogP) is 3.18. The Balaban J connectivity index is 1.51. The lowest BCUT2D eigenvalue weighted by Gasteiger charge is -2.38. The fourth-order valence-corrected chi connectivity index (χ4v) is 5.50. The Hall–Kier alpha value is -1.77. The molecule has 162 valence electrons. The molecule has 9 heteroatoms. The zero-order chi connectivity index (χ0) is 20.9. The third-order valence-corrected chi connectivity index (χ3v) is 7.12. The number of nitrogens with zero attached hydrogens (tertiary/aromatic N) is 5. The molecule has 1 atom stereocenters. The minimum atomic E-state index is -0.831. The topological polar surface area (TPSA) is 74.6 Å². The summed E-state index contributed by atoms with van der Waals surface area (Å²) in [6.07, 6.45) is 7.58. The van der Waals surface area contributed by atoms with E-state index in [4.69, 9.17) is 16.3 Å². The van der Waals surface area contributed by atoms with E-state index >= 15 is 0 Å². The van der Waals surface area contributed by atoms with Crippen LogP contribution in [0.2, 0.25) is 5.15 Å². The summed E-state index contributed by atoms with van der Waals surface area (Å²) in [5.41, 5.74) is -0.684. The number of anilines is 1. The number of hydrogen-bond acceptors (Lipinski definition) is 7. The molecule has 2 aromatic heterocycles. The molecule has 0 saturated carbocycles.